The third-order valence-corrected chi connectivity index (χ3v) is 5.64. The second-order valence-electron chi connectivity index (χ2n) is 6.14. The molecule has 9 nitrogen and oxygen atoms in total. The van der Waals surface area contributed by atoms with Crippen molar-refractivity contribution in [3.63, 3.8) is 0 Å². The molecule has 27 heavy (non-hydrogen) atoms. The topological polar surface area (TPSA) is 117 Å². The van der Waals surface area contributed by atoms with E-state index in [0.29, 0.717) is 11.0 Å². The number of hydrogen-bond donors (Lipinski definition) is 2. The van der Waals surface area contributed by atoms with Crippen LogP contribution in [0.2, 0.25) is 0 Å². The second-order valence-corrected chi connectivity index (χ2v) is 8.03. The lowest BCUT2D eigenvalue weighted by Gasteiger charge is -2.16. The molecule has 0 aliphatic heterocycles. The quantitative estimate of drug-likeness (QED) is 0.591. The first-order valence-electron chi connectivity index (χ1n) is 8.29. The van der Waals surface area contributed by atoms with E-state index in [1.165, 1.54) is 20.8 Å². The standard InChI is InChI=1S/C16H19N5O4S2/c1-20(7-12(22)17-10-4-5-10)13(23)9-27-16-19-18-15(11-3-2-6-26-11)21(16)8-14(24)25/h2-3,6,10H,4-5,7-9H2,1H3,(H,17,22)(H,24,25). The molecule has 144 valence electrons. The number of carbonyl (C=O) groups excluding carboxylic acids is 2. The number of nitrogens with one attached hydrogen (secondary N) is 1. The summed E-state index contributed by atoms with van der Waals surface area (Å²) in [7, 11) is 1.56. The second kappa shape index (κ2) is 8.53. The van der Waals surface area contributed by atoms with E-state index in [1.54, 1.807) is 7.05 Å². The first-order chi connectivity index (χ1) is 12.9. The number of nitrogens with zero attached hydrogens (tertiary/aromatic N) is 4. The van der Waals surface area contributed by atoms with E-state index in [-0.39, 0.29) is 36.7 Å². The Balaban J connectivity index is 1.61. The summed E-state index contributed by atoms with van der Waals surface area (Å²) in [4.78, 5) is 37.4. The molecule has 2 aromatic rings. The van der Waals surface area contributed by atoms with Crippen LogP contribution in [0.15, 0.2) is 22.7 Å². The zero-order valence-corrected chi connectivity index (χ0v) is 16.3. The molecule has 3 rings (SSSR count). The Labute approximate surface area is 163 Å². The maximum absolute atomic E-state index is 12.3. The van der Waals surface area contributed by atoms with Gasteiger partial charge >= 0.3 is 5.97 Å². The predicted octanol–water partition coefficient (Wildman–Crippen LogP) is 0.920. The summed E-state index contributed by atoms with van der Waals surface area (Å²) in [5.41, 5.74) is 0. The fourth-order valence-corrected chi connectivity index (χ4v) is 3.90. The number of carboxylic acid groups (broad SMARTS) is 1. The Morgan fingerprint density at radius 3 is 2.81 bits per heavy atom. The van der Waals surface area contributed by atoms with Crippen LogP contribution in [0, 0.1) is 0 Å². The van der Waals surface area contributed by atoms with Gasteiger partial charge in [-0.2, -0.15) is 0 Å². The van der Waals surface area contributed by atoms with Gasteiger partial charge in [-0.25, -0.2) is 0 Å². The van der Waals surface area contributed by atoms with E-state index in [4.69, 9.17) is 0 Å². The number of hydrogen-bond acceptors (Lipinski definition) is 7. The summed E-state index contributed by atoms with van der Waals surface area (Å²) in [5, 5.41) is 22.3. The smallest absolute Gasteiger partial charge is 0.323 e. The average Bonchev–Trinajstić information content (AvgIpc) is 3.09. The van der Waals surface area contributed by atoms with Crippen molar-refractivity contribution in [1.29, 1.82) is 0 Å². The highest BCUT2D eigenvalue weighted by atomic mass is 32.2. The van der Waals surface area contributed by atoms with Crippen LogP contribution < -0.4 is 5.32 Å². The van der Waals surface area contributed by atoms with E-state index in [9.17, 15) is 19.5 Å². The molecular weight excluding hydrogens is 390 g/mol. The molecule has 0 aromatic carbocycles. The lowest BCUT2D eigenvalue weighted by atomic mass is 10.4. The van der Waals surface area contributed by atoms with Crippen LogP contribution in [0.5, 0.6) is 0 Å². The number of likely N-dealkylation sites (N-methyl/N-ethyl adjacent to an activating group) is 1. The summed E-state index contributed by atoms with van der Waals surface area (Å²) < 4.78 is 1.48. The van der Waals surface area contributed by atoms with Gasteiger partial charge in [0.05, 0.1) is 17.2 Å². The average molecular weight is 409 g/mol. The van der Waals surface area contributed by atoms with Crippen molar-refractivity contribution in [3.05, 3.63) is 17.5 Å². The Bertz CT molecular complexity index is 832. The van der Waals surface area contributed by atoms with Gasteiger partial charge in [0.15, 0.2) is 11.0 Å². The van der Waals surface area contributed by atoms with Crippen molar-refractivity contribution < 1.29 is 19.5 Å². The molecule has 0 spiro atoms. The fraction of sp³-hybridized carbons (Fsp3) is 0.438. The van der Waals surface area contributed by atoms with Crippen molar-refractivity contribution >= 4 is 40.9 Å². The summed E-state index contributed by atoms with van der Waals surface area (Å²) in [6.07, 6.45) is 1.98. The summed E-state index contributed by atoms with van der Waals surface area (Å²) in [6.45, 7) is -0.297. The highest BCUT2D eigenvalue weighted by Gasteiger charge is 2.24. The molecule has 1 aliphatic carbocycles. The van der Waals surface area contributed by atoms with Crippen LogP contribution in [0.25, 0.3) is 10.7 Å². The van der Waals surface area contributed by atoms with Gasteiger partial charge in [0, 0.05) is 13.1 Å². The summed E-state index contributed by atoms with van der Waals surface area (Å²) >= 11 is 2.54. The van der Waals surface area contributed by atoms with Gasteiger partial charge in [-0.3, -0.25) is 19.0 Å². The molecule has 1 saturated carbocycles. The molecule has 2 heterocycles. The maximum Gasteiger partial charge on any atom is 0.323 e. The van der Waals surface area contributed by atoms with Crippen LogP contribution in [-0.2, 0) is 20.9 Å². The lowest BCUT2D eigenvalue weighted by Crippen LogP contribution is -2.39. The number of carbonyl (C=O) groups is 3. The molecular formula is C16H19N5O4S2. The fourth-order valence-electron chi connectivity index (χ4n) is 2.30. The van der Waals surface area contributed by atoms with Crippen LogP contribution in [-0.4, -0.2) is 67.9 Å². The van der Waals surface area contributed by atoms with Gasteiger partial charge in [0.1, 0.15) is 6.54 Å². The van der Waals surface area contributed by atoms with Crippen LogP contribution >= 0.6 is 23.1 Å². The first kappa shape index (κ1) is 19.4. The van der Waals surface area contributed by atoms with Crippen LogP contribution in [0.4, 0.5) is 0 Å². The van der Waals surface area contributed by atoms with Crippen molar-refractivity contribution in [2.75, 3.05) is 19.3 Å². The Hall–Kier alpha value is -2.40. The number of amides is 2. The van der Waals surface area contributed by atoms with Crippen molar-refractivity contribution in [2.24, 2.45) is 0 Å². The van der Waals surface area contributed by atoms with Crippen molar-refractivity contribution in [1.82, 2.24) is 25.0 Å². The number of thioether (sulfide) groups is 1. The molecule has 0 radical (unpaired) electrons. The normalized spacial score (nSPS) is 13.4. The largest absolute Gasteiger partial charge is 0.480 e. The maximum atomic E-state index is 12.3. The van der Waals surface area contributed by atoms with E-state index in [0.717, 1.165) is 29.5 Å². The number of aromatic nitrogens is 3. The third-order valence-electron chi connectivity index (χ3n) is 3.83. The third kappa shape index (κ3) is 5.30. The summed E-state index contributed by atoms with van der Waals surface area (Å²) in [6, 6.07) is 3.93. The van der Waals surface area contributed by atoms with Crippen molar-refractivity contribution in [3.8, 4) is 10.7 Å². The van der Waals surface area contributed by atoms with Gasteiger partial charge in [0.2, 0.25) is 11.8 Å². The highest BCUT2D eigenvalue weighted by Crippen LogP contribution is 2.27. The van der Waals surface area contributed by atoms with Gasteiger partial charge in [-0.15, -0.1) is 21.5 Å². The molecule has 11 heteroatoms. The van der Waals surface area contributed by atoms with Crippen LogP contribution in [0.3, 0.4) is 0 Å². The summed E-state index contributed by atoms with van der Waals surface area (Å²) in [5.74, 6) is -0.940. The SMILES string of the molecule is CN(CC(=O)NC1CC1)C(=O)CSc1nnc(-c2cccs2)n1CC(=O)O. The minimum atomic E-state index is -1.02. The van der Waals surface area contributed by atoms with E-state index < -0.39 is 5.97 Å². The lowest BCUT2D eigenvalue weighted by molar-refractivity contribution is -0.137. The molecule has 2 N–H and O–H groups in total. The first-order valence-corrected chi connectivity index (χ1v) is 10.2. The molecule has 1 aliphatic rings. The predicted molar refractivity (Wildman–Crippen MR) is 100 cm³/mol. The zero-order chi connectivity index (χ0) is 19.4. The van der Waals surface area contributed by atoms with Gasteiger partial charge in [0.25, 0.3) is 0 Å². The van der Waals surface area contributed by atoms with Crippen molar-refractivity contribution in [2.45, 2.75) is 30.6 Å². The zero-order valence-electron chi connectivity index (χ0n) is 14.6. The highest BCUT2D eigenvalue weighted by molar-refractivity contribution is 7.99. The Morgan fingerprint density at radius 2 is 2.19 bits per heavy atom. The molecule has 2 amide bonds. The monoisotopic (exact) mass is 409 g/mol. The molecule has 1 fully saturated rings. The molecule has 0 saturated heterocycles. The number of rotatable bonds is 9. The Morgan fingerprint density at radius 1 is 1.41 bits per heavy atom. The van der Waals surface area contributed by atoms with Gasteiger partial charge < -0.3 is 15.3 Å². The minimum absolute atomic E-state index is 0.00183. The van der Waals surface area contributed by atoms with Crippen LogP contribution in [0.1, 0.15) is 12.8 Å². The van der Waals surface area contributed by atoms with E-state index in [2.05, 4.69) is 15.5 Å². The molecule has 0 atom stereocenters. The number of aliphatic carboxylic acids is 1. The van der Waals surface area contributed by atoms with E-state index >= 15 is 0 Å². The van der Waals surface area contributed by atoms with E-state index in [1.807, 2.05) is 17.5 Å². The number of carboxylic acids is 1. The van der Waals surface area contributed by atoms with Gasteiger partial charge in [-0.1, -0.05) is 17.8 Å². The molecule has 0 bridgehead atoms. The molecule has 2 aromatic heterocycles. The minimum Gasteiger partial charge on any atom is -0.480 e. The Kier molecular flexibility index (Phi) is 6.11. The molecule has 0 unspecified atom stereocenters. The number of thiophene rings is 1. The van der Waals surface area contributed by atoms with Gasteiger partial charge in [-0.05, 0) is 24.3 Å².